The molecule has 132 valence electrons. The van der Waals surface area contributed by atoms with E-state index >= 15 is 0 Å². The third-order valence-electron chi connectivity index (χ3n) is 5.59. The van der Waals surface area contributed by atoms with E-state index in [9.17, 15) is 9.59 Å². The van der Waals surface area contributed by atoms with Crippen molar-refractivity contribution in [2.24, 2.45) is 17.3 Å². The first-order valence-corrected chi connectivity index (χ1v) is 8.85. The van der Waals surface area contributed by atoms with Crippen molar-refractivity contribution in [3.63, 3.8) is 0 Å². The molecule has 0 aromatic heterocycles. The van der Waals surface area contributed by atoms with Gasteiger partial charge in [-0.1, -0.05) is 17.7 Å². The molecule has 0 bridgehead atoms. The highest BCUT2D eigenvalue weighted by Crippen LogP contribution is 2.54. The van der Waals surface area contributed by atoms with Crippen LogP contribution in [0.4, 0.5) is 0 Å². The fourth-order valence-electron chi connectivity index (χ4n) is 4.33. The van der Waals surface area contributed by atoms with Crippen LogP contribution in [0.1, 0.15) is 39.5 Å². The van der Waals surface area contributed by atoms with E-state index in [0.29, 0.717) is 25.4 Å². The number of fused-ring (bicyclic) bond motifs is 2. The molecule has 0 amide bonds. The van der Waals surface area contributed by atoms with Gasteiger partial charge >= 0.3 is 11.9 Å². The second kappa shape index (κ2) is 6.71. The number of ether oxygens (including phenoxy) is 3. The molecule has 24 heavy (non-hydrogen) atoms. The van der Waals surface area contributed by atoms with E-state index in [0.717, 1.165) is 25.0 Å². The van der Waals surface area contributed by atoms with Gasteiger partial charge < -0.3 is 14.2 Å². The zero-order valence-electron chi connectivity index (χ0n) is 14.6. The van der Waals surface area contributed by atoms with Crippen molar-refractivity contribution in [2.45, 2.75) is 39.5 Å². The molecular weight excluding hydrogens is 308 g/mol. The Balaban J connectivity index is 2.02. The second-order valence-electron chi connectivity index (χ2n) is 6.92. The van der Waals surface area contributed by atoms with Crippen LogP contribution in [0.2, 0.25) is 0 Å². The molecule has 5 nitrogen and oxygen atoms in total. The Hall–Kier alpha value is -1.62. The zero-order valence-corrected chi connectivity index (χ0v) is 14.6. The number of hydrogen-bond donors (Lipinski definition) is 0. The predicted octanol–water partition coefficient (Wildman–Crippen LogP) is 2.80. The van der Waals surface area contributed by atoms with E-state index in [1.807, 2.05) is 0 Å². The SMILES string of the molecule is C=C1CC[C@@H]2COCC2=C2CC(C(=O)OCC)(C(=O)OCC)C[C@H]12. The first-order chi connectivity index (χ1) is 11.5. The van der Waals surface area contributed by atoms with Crippen molar-refractivity contribution >= 4 is 11.9 Å². The molecule has 3 rings (SSSR count). The standard InChI is InChI=1S/C19H26O5/c1-4-23-17(20)19(18(21)24-5-2)8-14-12(3)6-7-13-10-22-11-16(13)15(14)9-19/h13-14H,3-11H2,1-2H3/t13-,14-/m1/s1. The van der Waals surface area contributed by atoms with Gasteiger partial charge in [-0.25, -0.2) is 0 Å². The summed E-state index contributed by atoms with van der Waals surface area (Å²) < 4.78 is 16.2. The fourth-order valence-corrected chi connectivity index (χ4v) is 4.33. The average Bonchev–Trinajstić information content (AvgIpc) is 3.16. The third-order valence-corrected chi connectivity index (χ3v) is 5.59. The Morgan fingerprint density at radius 3 is 2.50 bits per heavy atom. The van der Waals surface area contributed by atoms with Gasteiger partial charge in [-0.15, -0.1) is 0 Å². The van der Waals surface area contributed by atoms with Gasteiger partial charge in [0, 0.05) is 11.8 Å². The normalized spacial score (nSPS) is 28.2. The minimum absolute atomic E-state index is 0.0560. The van der Waals surface area contributed by atoms with E-state index in [1.54, 1.807) is 13.8 Å². The number of hydrogen-bond acceptors (Lipinski definition) is 5. The van der Waals surface area contributed by atoms with Crippen LogP contribution >= 0.6 is 0 Å². The molecule has 1 heterocycles. The highest BCUT2D eigenvalue weighted by Gasteiger charge is 2.57. The van der Waals surface area contributed by atoms with Gasteiger partial charge in [0.2, 0.25) is 0 Å². The quantitative estimate of drug-likeness (QED) is 0.449. The number of esters is 2. The highest BCUT2D eigenvalue weighted by molar-refractivity contribution is 6.01. The number of rotatable bonds is 4. The van der Waals surface area contributed by atoms with Gasteiger partial charge in [-0.05, 0) is 45.1 Å². The summed E-state index contributed by atoms with van der Waals surface area (Å²) in [6, 6.07) is 0. The van der Waals surface area contributed by atoms with Gasteiger partial charge in [0.1, 0.15) is 0 Å². The minimum atomic E-state index is -1.23. The lowest BCUT2D eigenvalue weighted by Gasteiger charge is -2.24. The molecule has 2 atom stereocenters. The van der Waals surface area contributed by atoms with Gasteiger partial charge in [-0.3, -0.25) is 9.59 Å². The van der Waals surface area contributed by atoms with Crippen LogP contribution in [-0.4, -0.2) is 38.4 Å². The Labute approximate surface area is 143 Å². The Bertz CT molecular complexity index is 571. The summed E-state index contributed by atoms with van der Waals surface area (Å²) in [5, 5.41) is 0. The summed E-state index contributed by atoms with van der Waals surface area (Å²) in [6.07, 6.45) is 2.74. The molecule has 1 saturated carbocycles. The molecule has 0 unspecified atom stereocenters. The third kappa shape index (κ3) is 2.69. The van der Waals surface area contributed by atoms with Crippen molar-refractivity contribution in [1.29, 1.82) is 0 Å². The number of allylic oxidation sites excluding steroid dienone is 2. The van der Waals surface area contributed by atoms with Crippen LogP contribution in [0.5, 0.6) is 0 Å². The van der Waals surface area contributed by atoms with Crippen molar-refractivity contribution in [1.82, 2.24) is 0 Å². The lowest BCUT2D eigenvalue weighted by atomic mass is 9.83. The molecule has 1 saturated heterocycles. The summed E-state index contributed by atoms with van der Waals surface area (Å²) in [6.45, 7) is 9.59. The fraction of sp³-hybridized carbons (Fsp3) is 0.684. The monoisotopic (exact) mass is 334 g/mol. The Kier molecular flexibility index (Phi) is 4.81. The summed E-state index contributed by atoms with van der Waals surface area (Å²) in [7, 11) is 0. The second-order valence-corrected chi connectivity index (χ2v) is 6.92. The number of carbonyl (C=O) groups excluding carboxylic acids is 2. The molecule has 0 radical (unpaired) electrons. The lowest BCUT2D eigenvalue weighted by Crippen LogP contribution is -2.40. The van der Waals surface area contributed by atoms with Gasteiger partial charge in [0.15, 0.2) is 5.41 Å². The highest BCUT2D eigenvalue weighted by atomic mass is 16.6. The van der Waals surface area contributed by atoms with Crippen molar-refractivity contribution in [3.8, 4) is 0 Å². The van der Waals surface area contributed by atoms with Gasteiger partial charge in [0.05, 0.1) is 26.4 Å². The molecular formula is C19H26O5. The molecule has 2 aliphatic carbocycles. The molecule has 1 aliphatic heterocycles. The molecule has 3 aliphatic rings. The van der Waals surface area contributed by atoms with Crippen LogP contribution in [0.15, 0.2) is 23.3 Å². The maximum absolute atomic E-state index is 12.7. The van der Waals surface area contributed by atoms with Crippen LogP contribution in [-0.2, 0) is 23.8 Å². The van der Waals surface area contributed by atoms with E-state index in [2.05, 4.69) is 6.58 Å². The largest absolute Gasteiger partial charge is 0.465 e. The first kappa shape index (κ1) is 17.2. The molecule has 0 aromatic carbocycles. The Morgan fingerprint density at radius 1 is 1.21 bits per heavy atom. The molecule has 0 N–H and O–H groups in total. The summed E-state index contributed by atoms with van der Waals surface area (Å²) >= 11 is 0. The number of carbonyl (C=O) groups is 2. The summed E-state index contributed by atoms with van der Waals surface area (Å²) in [5.41, 5.74) is 2.32. The van der Waals surface area contributed by atoms with Crippen LogP contribution in [0.25, 0.3) is 0 Å². The zero-order chi connectivity index (χ0) is 17.3. The van der Waals surface area contributed by atoms with Crippen molar-refractivity contribution < 1.29 is 23.8 Å². The lowest BCUT2D eigenvalue weighted by molar-refractivity contribution is -0.171. The molecule has 0 spiro atoms. The van der Waals surface area contributed by atoms with E-state index in [4.69, 9.17) is 14.2 Å². The minimum Gasteiger partial charge on any atom is -0.465 e. The van der Waals surface area contributed by atoms with E-state index < -0.39 is 17.4 Å². The van der Waals surface area contributed by atoms with Gasteiger partial charge in [-0.2, -0.15) is 0 Å². The average molecular weight is 334 g/mol. The van der Waals surface area contributed by atoms with Gasteiger partial charge in [0.25, 0.3) is 0 Å². The topological polar surface area (TPSA) is 61.8 Å². The van der Waals surface area contributed by atoms with Crippen molar-refractivity contribution in [2.75, 3.05) is 26.4 Å². The van der Waals surface area contributed by atoms with Crippen LogP contribution in [0.3, 0.4) is 0 Å². The molecule has 0 aromatic rings. The predicted molar refractivity (Wildman–Crippen MR) is 88.1 cm³/mol. The summed E-state index contributed by atoms with van der Waals surface area (Å²) in [5.74, 6) is -0.483. The first-order valence-electron chi connectivity index (χ1n) is 8.85. The van der Waals surface area contributed by atoms with Crippen LogP contribution in [0, 0.1) is 17.3 Å². The van der Waals surface area contributed by atoms with Crippen LogP contribution < -0.4 is 0 Å². The maximum atomic E-state index is 12.7. The smallest absolute Gasteiger partial charge is 0.323 e. The van der Waals surface area contributed by atoms with E-state index in [-0.39, 0.29) is 19.1 Å². The molecule has 5 heteroatoms. The molecule has 2 fully saturated rings. The van der Waals surface area contributed by atoms with E-state index in [1.165, 1.54) is 11.1 Å². The Morgan fingerprint density at radius 2 is 1.88 bits per heavy atom. The summed E-state index contributed by atoms with van der Waals surface area (Å²) in [4.78, 5) is 25.4. The van der Waals surface area contributed by atoms with Crippen molar-refractivity contribution in [3.05, 3.63) is 23.3 Å². The maximum Gasteiger partial charge on any atom is 0.323 e.